The number of hydrogen-bond acceptors (Lipinski definition) is 6. The molecule has 2 heterocycles. The highest BCUT2D eigenvalue weighted by atomic mass is 16.5. The maximum Gasteiger partial charge on any atom is 0.244 e. The van der Waals surface area contributed by atoms with Crippen LogP contribution in [-0.4, -0.2) is 16.8 Å². The summed E-state index contributed by atoms with van der Waals surface area (Å²) in [5.74, 6) is 1.53. The van der Waals surface area contributed by atoms with E-state index in [9.17, 15) is 5.26 Å². The van der Waals surface area contributed by atoms with Crippen LogP contribution >= 0.6 is 0 Å². The van der Waals surface area contributed by atoms with Gasteiger partial charge in [0, 0.05) is 5.56 Å². The van der Waals surface area contributed by atoms with Crippen LogP contribution in [0.2, 0.25) is 0 Å². The van der Waals surface area contributed by atoms with Crippen LogP contribution in [0.4, 0.5) is 0 Å². The predicted molar refractivity (Wildman–Crippen MR) is 136 cm³/mol. The van der Waals surface area contributed by atoms with Crippen molar-refractivity contribution in [3.05, 3.63) is 107 Å². The summed E-state index contributed by atoms with van der Waals surface area (Å²) >= 11 is 0. The first-order valence-electron chi connectivity index (χ1n) is 11.8. The first-order valence-corrected chi connectivity index (χ1v) is 11.8. The second-order valence-electron chi connectivity index (χ2n) is 8.46. The van der Waals surface area contributed by atoms with Crippen molar-refractivity contribution >= 4 is 0 Å². The molecular weight excluding hydrogens is 452 g/mol. The summed E-state index contributed by atoms with van der Waals surface area (Å²) in [7, 11) is 0. The van der Waals surface area contributed by atoms with E-state index in [0.29, 0.717) is 24.7 Å². The van der Waals surface area contributed by atoms with E-state index in [1.807, 2.05) is 78.9 Å². The van der Waals surface area contributed by atoms with Crippen molar-refractivity contribution in [2.24, 2.45) is 5.73 Å². The molecule has 0 saturated heterocycles. The Morgan fingerprint density at radius 3 is 2.36 bits per heavy atom. The van der Waals surface area contributed by atoms with Crippen molar-refractivity contribution < 1.29 is 14.2 Å². The van der Waals surface area contributed by atoms with E-state index < -0.39 is 5.92 Å². The minimum absolute atomic E-state index is 0.0593. The molecule has 0 amide bonds. The fourth-order valence-corrected chi connectivity index (χ4v) is 4.23. The van der Waals surface area contributed by atoms with E-state index in [1.165, 1.54) is 0 Å². The van der Waals surface area contributed by atoms with Crippen LogP contribution in [0.5, 0.6) is 17.4 Å². The molecule has 0 fully saturated rings. The Morgan fingerprint density at radius 2 is 1.67 bits per heavy atom. The lowest BCUT2D eigenvalue weighted by Crippen LogP contribution is -2.21. The predicted octanol–water partition coefficient (Wildman–Crippen LogP) is 5.66. The summed E-state index contributed by atoms with van der Waals surface area (Å²) in [6.45, 7) is 3.20. The summed E-state index contributed by atoms with van der Waals surface area (Å²) in [5.41, 5.74) is 10.9. The van der Waals surface area contributed by atoms with Crippen LogP contribution in [0.25, 0.3) is 11.3 Å². The molecule has 0 aliphatic carbocycles. The lowest BCUT2D eigenvalue weighted by molar-refractivity contribution is 0.306. The van der Waals surface area contributed by atoms with Crippen LogP contribution in [-0.2, 0) is 6.61 Å². The monoisotopic (exact) mass is 478 g/mol. The number of benzene rings is 3. The van der Waals surface area contributed by atoms with Gasteiger partial charge in [-0.2, -0.15) is 5.26 Å². The third kappa shape index (κ3) is 4.62. The molecule has 1 aliphatic rings. The van der Waals surface area contributed by atoms with Crippen molar-refractivity contribution in [2.75, 3.05) is 6.61 Å². The van der Waals surface area contributed by atoms with Crippen LogP contribution < -0.4 is 19.9 Å². The molecule has 0 radical (unpaired) electrons. The van der Waals surface area contributed by atoms with Crippen molar-refractivity contribution in [3.63, 3.8) is 0 Å². The number of nitrogens with two attached hydrogens (primary N) is 1. The van der Waals surface area contributed by atoms with Crippen LogP contribution in [0.15, 0.2) is 90.3 Å². The Morgan fingerprint density at radius 1 is 0.972 bits per heavy atom. The topological polar surface area (TPSA) is 106 Å². The summed E-state index contributed by atoms with van der Waals surface area (Å²) < 4.78 is 17.4. The normalized spacial score (nSPS) is 14.5. The summed E-state index contributed by atoms with van der Waals surface area (Å²) in [6, 6.07) is 27.7. The number of H-pyrrole nitrogens is 1. The zero-order valence-electron chi connectivity index (χ0n) is 19.9. The number of aromatic amines is 1. The molecule has 180 valence electrons. The molecule has 7 nitrogen and oxygen atoms in total. The van der Waals surface area contributed by atoms with E-state index in [1.54, 1.807) is 0 Å². The summed E-state index contributed by atoms with van der Waals surface area (Å²) in [6.07, 6.45) is 0.928. The highest BCUT2D eigenvalue weighted by molar-refractivity contribution is 5.71. The molecule has 4 aromatic rings. The van der Waals surface area contributed by atoms with E-state index in [0.717, 1.165) is 45.9 Å². The zero-order chi connectivity index (χ0) is 24.9. The number of ether oxygens (including phenoxy) is 3. The van der Waals surface area contributed by atoms with Gasteiger partial charge in [-0.1, -0.05) is 49.4 Å². The molecular formula is C29H26N4O3. The van der Waals surface area contributed by atoms with Gasteiger partial charge in [0.1, 0.15) is 29.7 Å². The standard InChI is InChI=1S/C29H26N4O3/c1-2-16-34-22-12-8-20(9-13-22)25-24(17-30)28(31)36-29-26(25)27(32-33-29)21-10-14-23(15-11-21)35-18-19-6-4-3-5-7-19/h3-15,25H,2,16,18,31H2,1H3,(H,32,33)/t25-/m0/s1. The number of nitrogens with zero attached hydrogens (tertiary/aromatic N) is 2. The highest BCUT2D eigenvalue weighted by Gasteiger charge is 2.35. The molecule has 0 unspecified atom stereocenters. The van der Waals surface area contributed by atoms with Gasteiger partial charge >= 0.3 is 0 Å². The average Bonchev–Trinajstić information content (AvgIpc) is 3.34. The minimum Gasteiger partial charge on any atom is -0.494 e. The van der Waals surface area contributed by atoms with Gasteiger partial charge in [0.05, 0.1) is 23.8 Å². The van der Waals surface area contributed by atoms with Crippen molar-refractivity contribution in [2.45, 2.75) is 25.9 Å². The first kappa shape index (κ1) is 23.1. The Kier molecular flexibility index (Phi) is 6.59. The maximum absolute atomic E-state index is 9.94. The molecule has 1 atom stereocenters. The Labute approximate surface area is 209 Å². The van der Waals surface area contributed by atoms with Gasteiger partial charge < -0.3 is 19.9 Å². The van der Waals surface area contributed by atoms with Crippen LogP contribution in [0.1, 0.15) is 36.0 Å². The lowest BCUT2D eigenvalue weighted by Gasteiger charge is -2.24. The number of hydrogen-bond donors (Lipinski definition) is 2. The summed E-state index contributed by atoms with van der Waals surface area (Å²) in [4.78, 5) is 0. The number of aromatic nitrogens is 2. The zero-order valence-corrected chi connectivity index (χ0v) is 19.9. The number of nitriles is 1. The van der Waals surface area contributed by atoms with Gasteiger partial charge in [-0.3, -0.25) is 5.10 Å². The van der Waals surface area contributed by atoms with Crippen LogP contribution in [0, 0.1) is 11.3 Å². The molecule has 3 N–H and O–H groups in total. The summed E-state index contributed by atoms with van der Waals surface area (Å²) in [5, 5.41) is 17.4. The fraction of sp³-hybridized carbons (Fsp3) is 0.172. The van der Waals surface area contributed by atoms with Gasteiger partial charge in [-0.05, 0) is 53.9 Å². The van der Waals surface area contributed by atoms with E-state index in [2.05, 4.69) is 23.2 Å². The fourth-order valence-electron chi connectivity index (χ4n) is 4.23. The molecule has 36 heavy (non-hydrogen) atoms. The van der Waals surface area contributed by atoms with Crippen molar-refractivity contribution in [1.82, 2.24) is 10.2 Å². The van der Waals surface area contributed by atoms with Gasteiger partial charge in [-0.15, -0.1) is 5.10 Å². The third-order valence-corrected chi connectivity index (χ3v) is 6.02. The molecule has 1 aromatic heterocycles. The van der Waals surface area contributed by atoms with Gasteiger partial charge in [-0.25, -0.2) is 0 Å². The Balaban J connectivity index is 1.45. The quantitative estimate of drug-likeness (QED) is 0.338. The Bertz CT molecular complexity index is 1400. The maximum atomic E-state index is 9.94. The minimum atomic E-state index is -0.429. The van der Waals surface area contributed by atoms with Gasteiger partial charge in [0.2, 0.25) is 11.8 Å². The molecule has 0 spiro atoms. The highest BCUT2D eigenvalue weighted by Crippen LogP contribution is 2.46. The number of allylic oxidation sites excluding steroid dienone is 1. The smallest absolute Gasteiger partial charge is 0.244 e. The average molecular weight is 479 g/mol. The molecule has 5 rings (SSSR count). The van der Waals surface area contributed by atoms with E-state index >= 15 is 0 Å². The second-order valence-corrected chi connectivity index (χ2v) is 8.46. The number of rotatable bonds is 8. The first-order chi connectivity index (χ1) is 17.7. The lowest BCUT2D eigenvalue weighted by atomic mass is 9.83. The van der Waals surface area contributed by atoms with Crippen molar-refractivity contribution in [1.29, 1.82) is 5.26 Å². The molecule has 1 aliphatic heterocycles. The SMILES string of the molecule is CCCOc1ccc([C@H]2C(C#N)=C(N)Oc3n[nH]c(-c4ccc(OCc5ccccc5)cc4)c32)cc1. The number of nitrogens with one attached hydrogen (secondary N) is 1. The molecule has 0 bridgehead atoms. The second kappa shape index (κ2) is 10.3. The molecule has 0 saturated carbocycles. The number of fused-ring (bicyclic) bond motifs is 1. The molecule has 7 heteroatoms. The van der Waals surface area contributed by atoms with Gasteiger partial charge in [0.15, 0.2) is 0 Å². The molecule has 3 aromatic carbocycles. The van der Waals surface area contributed by atoms with E-state index in [-0.39, 0.29) is 5.88 Å². The third-order valence-electron chi connectivity index (χ3n) is 6.02. The van der Waals surface area contributed by atoms with Crippen molar-refractivity contribution in [3.8, 4) is 34.7 Å². The largest absolute Gasteiger partial charge is 0.494 e. The van der Waals surface area contributed by atoms with Gasteiger partial charge in [0.25, 0.3) is 0 Å². The van der Waals surface area contributed by atoms with E-state index in [4.69, 9.17) is 19.9 Å². The Hall–Kier alpha value is -4.70. The van der Waals surface area contributed by atoms with Crippen LogP contribution in [0.3, 0.4) is 0 Å².